The van der Waals surface area contributed by atoms with E-state index in [1.807, 2.05) is 0 Å². The molecule has 0 saturated heterocycles. The first-order valence-corrected chi connectivity index (χ1v) is 7.15. The summed E-state index contributed by atoms with van der Waals surface area (Å²) in [6, 6.07) is 1.61. The van der Waals surface area contributed by atoms with Crippen molar-refractivity contribution >= 4 is 21.6 Å². The number of rotatable bonds is 5. The molecule has 4 nitrogen and oxygen atoms in total. The Kier molecular flexibility index (Phi) is 4.78. The first-order valence-electron chi connectivity index (χ1n) is 5.29. The average Bonchev–Trinajstić information content (AvgIpc) is 2.32. The van der Waals surface area contributed by atoms with E-state index in [1.165, 1.54) is 13.2 Å². The lowest BCUT2D eigenvalue weighted by atomic mass is 10.1. The summed E-state index contributed by atoms with van der Waals surface area (Å²) in [6.45, 7) is 7.07. The summed E-state index contributed by atoms with van der Waals surface area (Å²) >= 11 is 6.08. The fraction of sp³-hybridized carbons (Fsp3) is 0.333. The molecule has 1 aromatic carbocycles. The van der Waals surface area contributed by atoms with Gasteiger partial charge >= 0.3 is 0 Å². The van der Waals surface area contributed by atoms with Crippen LogP contribution in [0.15, 0.2) is 23.6 Å². The molecule has 0 aliphatic heterocycles. The lowest BCUT2D eigenvalue weighted by Gasteiger charge is -2.15. The summed E-state index contributed by atoms with van der Waals surface area (Å²) < 4.78 is 31.8. The molecule has 0 radical (unpaired) electrons. The average molecular weight is 290 g/mol. The molecule has 0 spiro atoms. The molecule has 1 aromatic rings. The smallest absolute Gasteiger partial charge is 0.244 e. The minimum atomic E-state index is -3.67. The number of halogens is 1. The Balaban J connectivity index is 3.48. The first-order chi connectivity index (χ1) is 8.35. The van der Waals surface area contributed by atoms with Gasteiger partial charge in [-0.15, -0.1) is 6.58 Å². The quantitative estimate of drug-likeness (QED) is 0.847. The van der Waals surface area contributed by atoms with Crippen LogP contribution in [0.1, 0.15) is 11.1 Å². The van der Waals surface area contributed by atoms with E-state index in [-0.39, 0.29) is 17.2 Å². The van der Waals surface area contributed by atoms with Crippen molar-refractivity contribution < 1.29 is 13.2 Å². The third kappa shape index (κ3) is 2.85. The second kappa shape index (κ2) is 5.73. The van der Waals surface area contributed by atoms with Crippen LogP contribution < -0.4 is 9.46 Å². The van der Waals surface area contributed by atoms with Crippen molar-refractivity contribution in [3.05, 3.63) is 34.9 Å². The maximum atomic E-state index is 12.2. The maximum absolute atomic E-state index is 12.2. The van der Waals surface area contributed by atoms with Crippen LogP contribution in [0.25, 0.3) is 0 Å². The van der Waals surface area contributed by atoms with Crippen LogP contribution in [-0.4, -0.2) is 22.1 Å². The van der Waals surface area contributed by atoms with Gasteiger partial charge in [-0.2, -0.15) is 0 Å². The van der Waals surface area contributed by atoms with Gasteiger partial charge in [-0.3, -0.25) is 0 Å². The number of nitrogens with one attached hydrogen (secondary N) is 1. The predicted octanol–water partition coefficient (Wildman–Crippen LogP) is 2.43. The molecule has 0 aliphatic rings. The van der Waals surface area contributed by atoms with Crippen molar-refractivity contribution in [2.24, 2.45) is 0 Å². The lowest BCUT2D eigenvalue weighted by molar-refractivity contribution is 0.401. The highest BCUT2D eigenvalue weighted by Gasteiger charge is 2.24. The molecular formula is C12H16ClNO3S. The number of benzene rings is 1. The molecular weight excluding hydrogens is 274 g/mol. The van der Waals surface area contributed by atoms with Gasteiger partial charge in [0.05, 0.1) is 7.11 Å². The molecule has 0 atom stereocenters. The Morgan fingerprint density at radius 1 is 1.50 bits per heavy atom. The Labute approximate surface area is 113 Å². The SMILES string of the molecule is C=CCNS(=O)(=O)c1c(OC)cc(C)c(Cl)c1C. The van der Waals surface area contributed by atoms with Crippen LogP contribution in [0, 0.1) is 13.8 Å². The van der Waals surface area contributed by atoms with E-state index in [0.29, 0.717) is 10.6 Å². The van der Waals surface area contributed by atoms with Gasteiger partial charge in [-0.25, -0.2) is 13.1 Å². The standard InChI is InChI=1S/C12H16ClNO3S/c1-5-6-14-18(15,16)12-9(3)11(13)8(2)7-10(12)17-4/h5,7,14H,1,6H2,2-4H3. The van der Waals surface area contributed by atoms with Crippen molar-refractivity contribution in [3.63, 3.8) is 0 Å². The highest BCUT2D eigenvalue weighted by molar-refractivity contribution is 7.89. The highest BCUT2D eigenvalue weighted by Crippen LogP contribution is 2.34. The maximum Gasteiger partial charge on any atom is 0.244 e. The van der Waals surface area contributed by atoms with Gasteiger partial charge in [0.1, 0.15) is 10.6 Å². The molecule has 0 amide bonds. The molecule has 0 fully saturated rings. The van der Waals surface area contributed by atoms with E-state index in [4.69, 9.17) is 16.3 Å². The molecule has 0 heterocycles. The topological polar surface area (TPSA) is 55.4 Å². The van der Waals surface area contributed by atoms with Crippen molar-refractivity contribution in [1.29, 1.82) is 0 Å². The fourth-order valence-corrected chi connectivity index (χ4v) is 3.23. The third-order valence-electron chi connectivity index (χ3n) is 2.49. The van der Waals surface area contributed by atoms with E-state index >= 15 is 0 Å². The number of methoxy groups -OCH3 is 1. The molecule has 100 valence electrons. The van der Waals surface area contributed by atoms with E-state index in [2.05, 4.69) is 11.3 Å². The van der Waals surface area contributed by atoms with Crippen molar-refractivity contribution in [2.45, 2.75) is 18.7 Å². The number of ether oxygens (including phenoxy) is 1. The molecule has 0 aliphatic carbocycles. The molecule has 1 rings (SSSR count). The predicted molar refractivity (Wildman–Crippen MR) is 72.9 cm³/mol. The molecule has 18 heavy (non-hydrogen) atoms. The number of aryl methyl sites for hydroxylation is 1. The molecule has 0 bridgehead atoms. The summed E-state index contributed by atoms with van der Waals surface area (Å²) in [5.41, 5.74) is 1.25. The van der Waals surface area contributed by atoms with Crippen molar-refractivity contribution in [1.82, 2.24) is 4.72 Å². The number of sulfonamides is 1. The van der Waals surface area contributed by atoms with Crippen LogP contribution in [-0.2, 0) is 10.0 Å². The zero-order chi connectivity index (χ0) is 13.9. The van der Waals surface area contributed by atoms with Crippen molar-refractivity contribution in [2.75, 3.05) is 13.7 Å². The van der Waals surface area contributed by atoms with Gasteiger partial charge in [-0.05, 0) is 31.0 Å². The number of hydrogen-bond donors (Lipinski definition) is 1. The monoisotopic (exact) mass is 289 g/mol. The largest absolute Gasteiger partial charge is 0.495 e. The van der Waals surface area contributed by atoms with Gasteiger partial charge in [0.25, 0.3) is 0 Å². The fourth-order valence-electron chi connectivity index (χ4n) is 1.63. The third-order valence-corrected chi connectivity index (χ3v) is 4.67. The second-order valence-electron chi connectivity index (χ2n) is 3.80. The summed E-state index contributed by atoms with van der Waals surface area (Å²) in [7, 11) is -2.24. The highest BCUT2D eigenvalue weighted by atomic mass is 35.5. The zero-order valence-electron chi connectivity index (χ0n) is 10.6. The summed E-state index contributed by atoms with van der Waals surface area (Å²) in [6.07, 6.45) is 1.47. The minimum absolute atomic E-state index is 0.0717. The van der Waals surface area contributed by atoms with Gasteiger partial charge in [-0.1, -0.05) is 17.7 Å². The van der Waals surface area contributed by atoms with Gasteiger partial charge < -0.3 is 4.74 Å². The molecule has 0 aromatic heterocycles. The zero-order valence-corrected chi connectivity index (χ0v) is 12.2. The Bertz CT molecular complexity index is 567. The van der Waals surface area contributed by atoms with Gasteiger partial charge in [0.2, 0.25) is 10.0 Å². The van der Waals surface area contributed by atoms with Crippen LogP contribution >= 0.6 is 11.6 Å². The van der Waals surface area contributed by atoms with E-state index in [0.717, 1.165) is 5.56 Å². The van der Waals surface area contributed by atoms with E-state index in [9.17, 15) is 8.42 Å². The van der Waals surface area contributed by atoms with Crippen LogP contribution in [0.4, 0.5) is 0 Å². The van der Waals surface area contributed by atoms with Gasteiger partial charge in [0.15, 0.2) is 0 Å². The Morgan fingerprint density at radius 3 is 2.61 bits per heavy atom. The normalized spacial score (nSPS) is 11.3. The first kappa shape index (κ1) is 15.0. The summed E-state index contributed by atoms with van der Waals surface area (Å²) in [5, 5.41) is 0.426. The van der Waals surface area contributed by atoms with Crippen molar-refractivity contribution in [3.8, 4) is 5.75 Å². The molecule has 0 saturated carbocycles. The molecule has 0 unspecified atom stereocenters. The summed E-state index contributed by atoms with van der Waals surface area (Å²) in [4.78, 5) is 0.0717. The van der Waals surface area contributed by atoms with E-state index < -0.39 is 10.0 Å². The minimum Gasteiger partial charge on any atom is -0.495 e. The Hall–Kier alpha value is -1.04. The number of hydrogen-bond acceptors (Lipinski definition) is 3. The molecule has 1 N–H and O–H groups in total. The lowest BCUT2D eigenvalue weighted by Crippen LogP contribution is -2.25. The van der Waals surface area contributed by atoms with Crippen LogP contribution in [0.2, 0.25) is 5.02 Å². The van der Waals surface area contributed by atoms with E-state index in [1.54, 1.807) is 19.9 Å². The van der Waals surface area contributed by atoms with Crippen LogP contribution in [0.3, 0.4) is 0 Å². The summed E-state index contributed by atoms with van der Waals surface area (Å²) in [5.74, 6) is 0.283. The second-order valence-corrected chi connectivity index (χ2v) is 5.89. The molecule has 6 heteroatoms. The Morgan fingerprint density at radius 2 is 2.11 bits per heavy atom. The van der Waals surface area contributed by atoms with Crippen LogP contribution in [0.5, 0.6) is 5.75 Å². The van der Waals surface area contributed by atoms with Gasteiger partial charge in [0, 0.05) is 11.6 Å².